The molecule has 3 N–H and O–H groups in total. The number of ether oxygens (including phenoxy) is 1. The number of aromatic nitrogens is 2. The van der Waals surface area contributed by atoms with Crippen molar-refractivity contribution in [2.75, 3.05) is 26.7 Å². The normalized spacial score (nSPS) is 15.7. The van der Waals surface area contributed by atoms with E-state index in [-0.39, 0.29) is 23.1 Å². The highest BCUT2D eigenvalue weighted by atomic mass is 16.5. The summed E-state index contributed by atoms with van der Waals surface area (Å²) in [7, 11) is 1.88. The molecular weight excluding hydrogens is 434 g/mol. The summed E-state index contributed by atoms with van der Waals surface area (Å²) in [6.45, 7) is 3.39. The first kappa shape index (κ1) is 22.2. The summed E-state index contributed by atoms with van der Waals surface area (Å²) in [5.41, 5.74) is 3.69. The molecule has 9 nitrogen and oxygen atoms in total. The van der Waals surface area contributed by atoms with Gasteiger partial charge in [0, 0.05) is 44.1 Å². The lowest BCUT2D eigenvalue weighted by Crippen LogP contribution is -2.34. The van der Waals surface area contributed by atoms with Crippen LogP contribution in [0.1, 0.15) is 46.4 Å². The Kier molecular flexibility index (Phi) is 6.10. The summed E-state index contributed by atoms with van der Waals surface area (Å²) in [6, 6.07) is 9.09. The van der Waals surface area contributed by atoms with E-state index < -0.39 is 0 Å². The maximum absolute atomic E-state index is 13.4. The molecule has 0 saturated carbocycles. The molecule has 0 spiro atoms. The van der Waals surface area contributed by atoms with Gasteiger partial charge in [-0.05, 0) is 49.2 Å². The number of likely N-dealkylation sites (tertiary alicyclic amines) is 1. The average Bonchev–Trinajstić information content (AvgIpc) is 3.43. The maximum atomic E-state index is 13.4. The monoisotopic (exact) mass is 463 g/mol. The number of nitrogens with zero attached hydrogens (tertiary/aromatic N) is 3. The molecule has 2 aromatic carbocycles. The Morgan fingerprint density at radius 3 is 2.88 bits per heavy atom. The van der Waals surface area contributed by atoms with Gasteiger partial charge < -0.3 is 25.0 Å². The molecule has 2 amide bonds. The Labute approximate surface area is 197 Å². The van der Waals surface area contributed by atoms with Gasteiger partial charge in [0.25, 0.3) is 5.91 Å². The Bertz CT molecular complexity index is 1240. The molecule has 5 rings (SSSR count). The predicted octanol–water partition coefficient (Wildman–Crippen LogP) is 2.54. The lowest BCUT2D eigenvalue weighted by molar-refractivity contribution is -0.133. The molecule has 2 aliphatic heterocycles. The number of aromatic amines is 1. The van der Waals surface area contributed by atoms with E-state index in [0.717, 1.165) is 53.9 Å². The molecule has 178 valence electrons. The van der Waals surface area contributed by atoms with Crippen LogP contribution >= 0.6 is 0 Å². The number of hydrogen-bond acceptors (Lipinski definition) is 6. The number of benzene rings is 2. The van der Waals surface area contributed by atoms with E-state index in [2.05, 4.69) is 15.5 Å². The van der Waals surface area contributed by atoms with E-state index in [1.54, 1.807) is 11.0 Å². The highest BCUT2D eigenvalue weighted by molar-refractivity contribution is 6.01. The van der Waals surface area contributed by atoms with Gasteiger partial charge in [0.2, 0.25) is 5.91 Å². The Morgan fingerprint density at radius 2 is 2.06 bits per heavy atom. The average molecular weight is 464 g/mol. The van der Waals surface area contributed by atoms with Crippen molar-refractivity contribution >= 4 is 22.7 Å². The number of nitrogens with one attached hydrogen (secondary N) is 2. The standard InChI is InChI=1S/C25H29N5O4/c1-26-7-9-34-18-6-5-16-13-30(14-17(16)10-18)25(33)20-11-19-21(12-23(20)31)27-28-22(19)15-29-8-3-2-4-24(29)32/h5-6,10-12,26,31H,2-4,7-9,13-15H2,1H3,(H,27,28). The van der Waals surface area contributed by atoms with Crippen LogP contribution in [0.15, 0.2) is 30.3 Å². The molecule has 0 unspecified atom stereocenters. The van der Waals surface area contributed by atoms with E-state index >= 15 is 0 Å². The van der Waals surface area contributed by atoms with Crippen LogP contribution in [0.4, 0.5) is 0 Å². The second-order valence-corrected chi connectivity index (χ2v) is 8.90. The minimum atomic E-state index is -0.241. The van der Waals surface area contributed by atoms with Crippen LogP contribution < -0.4 is 10.1 Å². The number of fused-ring (bicyclic) bond motifs is 2. The highest BCUT2D eigenvalue weighted by Crippen LogP contribution is 2.32. The molecule has 34 heavy (non-hydrogen) atoms. The fraction of sp³-hybridized carbons (Fsp3) is 0.400. The zero-order valence-electron chi connectivity index (χ0n) is 19.3. The summed E-state index contributed by atoms with van der Waals surface area (Å²) >= 11 is 0. The molecule has 0 bridgehead atoms. The van der Waals surface area contributed by atoms with E-state index in [1.807, 2.05) is 30.1 Å². The van der Waals surface area contributed by atoms with Gasteiger partial charge in [-0.2, -0.15) is 5.10 Å². The summed E-state index contributed by atoms with van der Waals surface area (Å²) in [4.78, 5) is 29.2. The van der Waals surface area contributed by atoms with Crippen molar-refractivity contribution in [3.63, 3.8) is 0 Å². The van der Waals surface area contributed by atoms with Gasteiger partial charge in [0.05, 0.1) is 23.3 Å². The zero-order chi connectivity index (χ0) is 23.7. The second kappa shape index (κ2) is 9.34. The third-order valence-electron chi connectivity index (χ3n) is 6.56. The van der Waals surface area contributed by atoms with Crippen LogP contribution in [-0.2, 0) is 24.4 Å². The van der Waals surface area contributed by atoms with Crippen LogP contribution in [0, 0.1) is 0 Å². The van der Waals surface area contributed by atoms with Gasteiger partial charge in [0.15, 0.2) is 0 Å². The fourth-order valence-corrected chi connectivity index (χ4v) is 4.66. The number of H-pyrrole nitrogens is 1. The quantitative estimate of drug-likeness (QED) is 0.465. The fourth-order valence-electron chi connectivity index (χ4n) is 4.66. The Balaban J connectivity index is 1.35. The second-order valence-electron chi connectivity index (χ2n) is 8.90. The molecule has 1 saturated heterocycles. The van der Waals surface area contributed by atoms with Gasteiger partial charge in [-0.15, -0.1) is 0 Å². The van der Waals surface area contributed by atoms with Crippen molar-refractivity contribution in [3.05, 3.63) is 52.7 Å². The van der Waals surface area contributed by atoms with Crippen molar-refractivity contribution < 1.29 is 19.4 Å². The Hall–Kier alpha value is -3.59. The first-order valence-corrected chi connectivity index (χ1v) is 11.7. The topological polar surface area (TPSA) is 111 Å². The molecular formula is C25H29N5O4. The lowest BCUT2D eigenvalue weighted by atomic mass is 10.1. The summed E-state index contributed by atoms with van der Waals surface area (Å²) in [5.74, 6) is 0.571. The number of hydrogen-bond donors (Lipinski definition) is 3. The summed E-state index contributed by atoms with van der Waals surface area (Å²) < 4.78 is 5.75. The molecule has 3 aromatic rings. The number of aromatic hydroxyl groups is 1. The van der Waals surface area contributed by atoms with Crippen LogP contribution in [0.3, 0.4) is 0 Å². The number of phenols is 1. The SMILES string of the molecule is CNCCOc1ccc2c(c1)CN(C(=O)c1cc3c(CN4CCCCC4=O)[nH]nc3cc1O)C2. The van der Waals surface area contributed by atoms with E-state index in [9.17, 15) is 14.7 Å². The smallest absolute Gasteiger partial charge is 0.258 e. The summed E-state index contributed by atoms with van der Waals surface area (Å²) in [5, 5.41) is 21.7. The molecule has 1 fully saturated rings. The molecule has 0 atom stereocenters. The first-order chi connectivity index (χ1) is 16.5. The minimum Gasteiger partial charge on any atom is -0.507 e. The van der Waals surface area contributed by atoms with Crippen molar-refractivity contribution in [1.29, 1.82) is 0 Å². The minimum absolute atomic E-state index is 0.100. The molecule has 2 aliphatic rings. The van der Waals surface area contributed by atoms with Gasteiger partial charge in [-0.1, -0.05) is 6.07 Å². The highest BCUT2D eigenvalue weighted by Gasteiger charge is 2.28. The van der Waals surface area contributed by atoms with E-state index in [0.29, 0.717) is 38.2 Å². The van der Waals surface area contributed by atoms with Crippen LogP contribution in [0.2, 0.25) is 0 Å². The number of amides is 2. The molecule has 9 heteroatoms. The molecule has 1 aromatic heterocycles. The van der Waals surface area contributed by atoms with Gasteiger partial charge >= 0.3 is 0 Å². The van der Waals surface area contributed by atoms with Crippen LogP contribution in [-0.4, -0.2) is 63.7 Å². The number of phenolic OH excluding ortho intramolecular Hbond substituents is 1. The van der Waals surface area contributed by atoms with Crippen molar-refractivity contribution in [3.8, 4) is 11.5 Å². The summed E-state index contributed by atoms with van der Waals surface area (Å²) in [6.07, 6.45) is 2.47. The number of piperidine rings is 1. The maximum Gasteiger partial charge on any atom is 0.258 e. The first-order valence-electron chi connectivity index (χ1n) is 11.7. The third-order valence-corrected chi connectivity index (χ3v) is 6.56. The van der Waals surface area contributed by atoms with Crippen molar-refractivity contribution in [2.45, 2.75) is 38.9 Å². The molecule has 3 heterocycles. The van der Waals surface area contributed by atoms with Gasteiger partial charge in [-0.3, -0.25) is 14.7 Å². The lowest BCUT2D eigenvalue weighted by Gasteiger charge is -2.26. The van der Waals surface area contributed by atoms with Gasteiger partial charge in [-0.25, -0.2) is 0 Å². The zero-order valence-corrected chi connectivity index (χ0v) is 19.3. The predicted molar refractivity (Wildman–Crippen MR) is 126 cm³/mol. The Morgan fingerprint density at radius 1 is 1.21 bits per heavy atom. The number of rotatable bonds is 7. The van der Waals surface area contributed by atoms with E-state index in [1.165, 1.54) is 6.07 Å². The molecule has 0 aliphatic carbocycles. The number of carbonyl (C=O) groups is 2. The number of likely N-dealkylation sites (N-methyl/N-ethyl adjacent to an activating group) is 1. The van der Waals surface area contributed by atoms with Crippen LogP contribution in [0.25, 0.3) is 10.9 Å². The largest absolute Gasteiger partial charge is 0.507 e. The van der Waals surface area contributed by atoms with Crippen molar-refractivity contribution in [2.24, 2.45) is 0 Å². The molecule has 0 radical (unpaired) electrons. The number of carbonyl (C=O) groups excluding carboxylic acids is 2. The van der Waals surface area contributed by atoms with Crippen molar-refractivity contribution in [1.82, 2.24) is 25.3 Å². The van der Waals surface area contributed by atoms with E-state index in [4.69, 9.17) is 4.74 Å². The van der Waals surface area contributed by atoms with Crippen LogP contribution in [0.5, 0.6) is 11.5 Å². The third kappa shape index (κ3) is 4.31. The van der Waals surface area contributed by atoms with Gasteiger partial charge in [0.1, 0.15) is 18.1 Å².